The Morgan fingerprint density at radius 3 is 3.00 bits per heavy atom. The maximum atomic E-state index is 9.94. The minimum Gasteiger partial charge on any atom is -0.472 e. The van der Waals surface area contributed by atoms with Gasteiger partial charge in [-0.15, -0.1) is 0 Å². The molecular weight excluding hydrogens is 164 g/mol. The predicted molar refractivity (Wildman–Crippen MR) is 50.1 cm³/mol. The van der Waals surface area contributed by atoms with E-state index in [9.17, 15) is 5.11 Å². The van der Waals surface area contributed by atoms with Crippen LogP contribution in [0.1, 0.15) is 30.9 Å². The Hall–Kier alpha value is -1.02. The van der Waals surface area contributed by atoms with Gasteiger partial charge >= 0.3 is 0 Å². The van der Waals surface area contributed by atoms with Crippen molar-refractivity contribution >= 4 is 0 Å². The smallest absolute Gasteiger partial charge is 0.0960 e. The van der Waals surface area contributed by atoms with Gasteiger partial charge in [-0.05, 0) is 31.2 Å². The zero-order valence-corrected chi connectivity index (χ0v) is 7.52. The number of allylic oxidation sites excluding steroid dienone is 2. The Bertz CT molecular complexity index is 274. The van der Waals surface area contributed by atoms with Gasteiger partial charge in [0.05, 0.1) is 18.6 Å². The summed E-state index contributed by atoms with van der Waals surface area (Å²) in [4.78, 5) is 0. The van der Waals surface area contributed by atoms with E-state index in [4.69, 9.17) is 4.42 Å². The number of furan rings is 1. The molecule has 2 heteroatoms. The minimum absolute atomic E-state index is 0.358. The monoisotopic (exact) mass is 178 g/mol. The molecule has 1 N–H and O–H groups in total. The van der Waals surface area contributed by atoms with Crippen molar-refractivity contribution in [2.45, 2.75) is 25.4 Å². The lowest BCUT2D eigenvalue weighted by Gasteiger charge is -2.22. The van der Waals surface area contributed by atoms with Crippen LogP contribution in [0.2, 0.25) is 0 Å². The highest BCUT2D eigenvalue weighted by Gasteiger charge is 2.21. The first-order valence-corrected chi connectivity index (χ1v) is 4.73. The van der Waals surface area contributed by atoms with E-state index in [1.54, 1.807) is 12.5 Å². The van der Waals surface area contributed by atoms with E-state index < -0.39 is 0 Å². The fourth-order valence-corrected chi connectivity index (χ4v) is 1.82. The molecule has 2 unspecified atom stereocenters. The second-order valence-corrected chi connectivity index (χ2v) is 3.55. The molecule has 0 aliphatic heterocycles. The molecule has 13 heavy (non-hydrogen) atoms. The third-order valence-electron chi connectivity index (χ3n) is 2.64. The van der Waals surface area contributed by atoms with E-state index >= 15 is 0 Å². The molecule has 1 aromatic heterocycles. The lowest BCUT2D eigenvalue weighted by atomic mass is 9.87. The van der Waals surface area contributed by atoms with Gasteiger partial charge in [0.2, 0.25) is 0 Å². The number of rotatable bonds is 2. The molecule has 1 aliphatic rings. The molecule has 0 saturated heterocycles. The molecule has 0 aromatic carbocycles. The Balaban J connectivity index is 2.04. The highest BCUT2D eigenvalue weighted by molar-refractivity contribution is 5.11. The molecule has 1 heterocycles. The fraction of sp³-hybridized carbons (Fsp3) is 0.455. The van der Waals surface area contributed by atoms with Crippen molar-refractivity contribution in [1.82, 2.24) is 0 Å². The van der Waals surface area contributed by atoms with Crippen LogP contribution in [-0.4, -0.2) is 5.11 Å². The van der Waals surface area contributed by atoms with Crippen LogP contribution >= 0.6 is 0 Å². The van der Waals surface area contributed by atoms with Crippen LogP contribution in [0.3, 0.4) is 0 Å². The van der Waals surface area contributed by atoms with Crippen LogP contribution in [-0.2, 0) is 0 Å². The molecule has 0 saturated carbocycles. The highest BCUT2D eigenvalue weighted by atomic mass is 16.3. The quantitative estimate of drug-likeness (QED) is 0.706. The van der Waals surface area contributed by atoms with E-state index in [1.807, 2.05) is 6.07 Å². The van der Waals surface area contributed by atoms with Gasteiger partial charge in [0.15, 0.2) is 0 Å². The Morgan fingerprint density at radius 2 is 2.38 bits per heavy atom. The molecule has 2 rings (SSSR count). The van der Waals surface area contributed by atoms with Crippen LogP contribution in [0.25, 0.3) is 0 Å². The molecule has 70 valence electrons. The second kappa shape index (κ2) is 3.79. The topological polar surface area (TPSA) is 33.4 Å². The summed E-state index contributed by atoms with van der Waals surface area (Å²) in [5.41, 5.74) is 0.903. The molecule has 0 radical (unpaired) electrons. The van der Waals surface area contributed by atoms with Crippen LogP contribution in [0.15, 0.2) is 35.2 Å². The van der Waals surface area contributed by atoms with Crippen molar-refractivity contribution in [3.8, 4) is 0 Å². The van der Waals surface area contributed by atoms with Gasteiger partial charge in [0.1, 0.15) is 0 Å². The maximum Gasteiger partial charge on any atom is 0.0960 e. The first kappa shape index (κ1) is 8.57. The molecular formula is C11H14O2. The summed E-state index contributed by atoms with van der Waals surface area (Å²) in [6.45, 7) is 0. The SMILES string of the molecule is OC(c1ccoc1)C1CC=CCC1. The molecule has 1 aliphatic carbocycles. The van der Waals surface area contributed by atoms with Crippen LogP contribution < -0.4 is 0 Å². The van der Waals surface area contributed by atoms with Crippen LogP contribution in [0.4, 0.5) is 0 Å². The highest BCUT2D eigenvalue weighted by Crippen LogP contribution is 2.31. The minimum atomic E-state index is -0.358. The first-order chi connectivity index (χ1) is 6.38. The van der Waals surface area contributed by atoms with Gasteiger partial charge in [-0.25, -0.2) is 0 Å². The lowest BCUT2D eigenvalue weighted by molar-refractivity contribution is 0.102. The summed E-state index contributed by atoms with van der Waals surface area (Å²) in [5, 5.41) is 9.94. The Kier molecular flexibility index (Phi) is 2.50. The van der Waals surface area contributed by atoms with E-state index in [1.165, 1.54) is 0 Å². The summed E-state index contributed by atoms with van der Waals surface area (Å²) in [6, 6.07) is 1.84. The molecule has 0 fully saturated rings. The second-order valence-electron chi connectivity index (χ2n) is 3.55. The van der Waals surface area contributed by atoms with Gasteiger partial charge in [-0.1, -0.05) is 12.2 Å². The van der Waals surface area contributed by atoms with E-state index in [0.29, 0.717) is 5.92 Å². The number of hydrogen-bond donors (Lipinski definition) is 1. The fourth-order valence-electron chi connectivity index (χ4n) is 1.82. The summed E-state index contributed by atoms with van der Waals surface area (Å²) < 4.78 is 4.95. The van der Waals surface area contributed by atoms with Gasteiger partial charge in [-0.3, -0.25) is 0 Å². The molecule has 1 aromatic rings. The van der Waals surface area contributed by atoms with Crippen LogP contribution in [0, 0.1) is 5.92 Å². The summed E-state index contributed by atoms with van der Waals surface area (Å²) in [7, 11) is 0. The lowest BCUT2D eigenvalue weighted by Crippen LogP contribution is -2.13. The molecule has 0 amide bonds. The first-order valence-electron chi connectivity index (χ1n) is 4.73. The Morgan fingerprint density at radius 1 is 1.46 bits per heavy atom. The molecule has 2 atom stereocenters. The third kappa shape index (κ3) is 1.83. The summed E-state index contributed by atoms with van der Waals surface area (Å²) in [5.74, 6) is 0.364. The normalized spacial score (nSPS) is 24.5. The zero-order chi connectivity index (χ0) is 9.10. The molecule has 0 bridgehead atoms. The number of aliphatic hydroxyl groups is 1. The van der Waals surface area contributed by atoms with Crippen molar-refractivity contribution in [3.05, 3.63) is 36.3 Å². The zero-order valence-electron chi connectivity index (χ0n) is 7.52. The van der Waals surface area contributed by atoms with Crippen molar-refractivity contribution in [2.24, 2.45) is 5.92 Å². The average Bonchev–Trinajstić information content (AvgIpc) is 2.71. The maximum absolute atomic E-state index is 9.94. The summed E-state index contributed by atoms with van der Waals surface area (Å²) >= 11 is 0. The van der Waals surface area contributed by atoms with Gasteiger partial charge in [0, 0.05) is 5.56 Å². The standard InChI is InChI=1S/C11H14O2/c12-11(10-6-7-13-8-10)9-4-2-1-3-5-9/h1-2,6-9,11-12H,3-5H2. The van der Waals surface area contributed by atoms with E-state index in [0.717, 1.165) is 24.8 Å². The van der Waals surface area contributed by atoms with E-state index in [-0.39, 0.29) is 6.10 Å². The van der Waals surface area contributed by atoms with Crippen molar-refractivity contribution in [1.29, 1.82) is 0 Å². The van der Waals surface area contributed by atoms with Crippen molar-refractivity contribution < 1.29 is 9.52 Å². The molecule has 2 nitrogen and oxygen atoms in total. The van der Waals surface area contributed by atoms with Gasteiger partial charge in [-0.2, -0.15) is 0 Å². The summed E-state index contributed by atoms with van der Waals surface area (Å²) in [6.07, 6.45) is 10.3. The van der Waals surface area contributed by atoms with Gasteiger partial charge in [0.25, 0.3) is 0 Å². The molecule has 0 spiro atoms. The largest absolute Gasteiger partial charge is 0.472 e. The van der Waals surface area contributed by atoms with E-state index in [2.05, 4.69) is 12.2 Å². The van der Waals surface area contributed by atoms with Crippen LogP contribution in [0.5, 0.6) is 0 Å². The average molecular weight is 178 g/mol. The number of hydrogen-bond acceptors (Lipinski definition) is 2. The van der Waals surface area contributed by atoms with Gasteiger partial charge < -0.3 is 9.52 Å². The number of aliphatic hydroxyl groups excluding tert-OH is 1. The van der Waals surface area contributed by atoms with Crippen molar-refractivity contribution in [3.63, 3.8) is 0 Å². The van der Waals surface area contributed by atoms with Crippen molar-refractivity contribution in [2.75, 3.05) is 0 Å². The predicted octanol–water partition coefficient (Wildman–Crippen LogP) is 2.67. The third-order valence-corrected chi connectivity index (χ3v) is 2.64. The Labute approximate surface area is 77.9 Å².